The van der Waals surface area contributed by atoms with Crippen molar-refractivity contribution >= 4 is 28.6 Å². The van der Waals surface area contributed by atoms with Crippen LogP contribution in [0.25, 0.3) is 11.1 Å². The van der Waals surface area contributed by atoms with E-state index >= 15 is 0 Å². The van der Waals surface area contributed by atoms with Gasteiger partial charge in [0.1, 0.15) is 17.3 Å². The quantitative estimate of drug-likeness (QED) is 0.656. The Bertz CT molecular complexity index is 1040. The summed E-state index contributed by atoms with van der Waals surface area (Å²) in [4.78, 5) is 30.4. The predicted molar refractivity (Wildman–Crippen MR) is 105 cm³/mol. The third kappa shape index (κ3) is 3.89. The van der Waals surface area contributed by atoms with E-state index in [-0.39, 0.29) is 12.5 Å². The highest BCUT2D eigenvalue weighted by molar-refractivity contribution is 6.31. The van der Waals surface area contributed by atoms with E-state index in [1.165, 1.54) is 4.57 Å². The first-order valence-electron chi connectivity index (χ1n) is 9.20. The summed E-state index contributed by atoms with van der Waals surface area (Å²) in [5.74, 6) is 0.393. The van der Waals surface area contributed by atoms with E-state index in [4.69, 9.17) is 20.8 Å². The topological polar surface area (TPSA) is 77.6 Å². The number of ether oxygens (including phenoxy) is 1. The summed E-state index contributed by atoms with van der Waals surface area (Å²) in [6, 6.07) is 8.86. The number of hydrogen-bond donors (Lipinski definition) is 0. The number of hydrogen-bond acceptors (Lipinski definition) is 5. The zero-order valence-corrected chi connectivity index (χ0v) is 16.0. The van der Waals surface area contributed by atoms with Gasteiger partial charge in [0.25, 0.3) is 0 Å². The van der Waals surface area contributed by atoms with Crippen LogP contribution in [0.5, 0.6) is 5.75 Å². The molecule has 0 N–H and O–H groups in total. The molecule has 1 aliphatic heterocycles. The maximum absolute atomic E-state index is 12.7. The maximum Gasteiger partial charge on any atom is 0.420 e. The van der Waals surface area contributed by atoms with Crippen molar-refractivity contribution in [1.29, 1.82) is 0 Å². The van der Waals surface area contributed by atoms with Crippen molar-refractivity contribution in [3.63, 3.8) is 0 Å². The minimum atomic E-state index is -0.507. The van der Waals surface area contributed by atoms with Crippen molar-refractivity contribution in [1.82, 2.24) is 14.5 Å². The Balaban J connectivity index is 1.32. The Morgan fingerprint density at radius 2 is 2.04 bits per heavy atom. The number of benzene rings is 1. The number of carbonyl (C=O) groups is 1. The molecule has 3 heterocycles. The smallest absolute Gasteiger partial charge is 0.420 e. The van der Waals surface area contributed by atoms with Gasteiger partial charge >= 0.3 is 5.76 Å². The second kappa shape index (κ2) is 8.06. The summed E-state index contributed by atoms with van der Waals surface area (Å²) in [6.45, 7) is 1.82. The maximum atomic E-state index is 12.7. The van der Waals surface area contributed by atoms with Gasteiger partial charge in [0, 0.05) is 31.5 Å². The van der Waals surface area contributed by atoms with Crippen molar-refractivity contribution in [3.8, 4) is 5.75 Å². The van der Waals surface area contributed by atoms with E-state index in [1.54, 1.807) is 41.6 Å². The molecule has 0 aliphatic carbocycles. The Morgan fingerprint density at radius 3 is 2.82 bits per heavy atom. The van der Waals surface area contributed by atoms with Crippen molar-refractivity contribution in [3.05, 3.63) is 58.3 Å². The van der Waals surface area contributed by atoms with Gasteiger partial charge in [0.15, 0.2) is 5.58 Å². The van der Waals surface area contributed by atoms with Gasteiger partial charge < -0.3 is 14.1 Å². The van der Waals surface area contributed by atoms with Crippen LogP contribution in [-0.2, 0) is 11.3 Å². The van der Waals surface area contributed by atoms with Gasteiger partial charge in [-0.25, -0.2) is 4.79 Å². The summed E-state index contributed by atoms with van der Waals surface area (Å²) in [7, 11) is 0. The van der Waals surface area contributed by atoms with Crippen LogP contribution in [0.2, 0.25) is 5.02 Å². The van der Waals surface area contributed by atoms with Crippen molar-refractivity contribution in [2.75, 3.05) is 19.7 Å². The molecule has 1 fully saturated rings. The monoisotopic (exact) mass is 401 g/mol. The molecule has 1 saturated heterocycles. The third-order valence-electron chi connectivity index (χ3n) is 5.04. The number of piperidine rings is 1. The van der Waals surface area contributed by atoms with E-state index in [9.17, 15) is 9.59 Å². The standard InChI is InChI=1S/C20H20ClN3O4/c21-15-11-22-8-5-17(15)27-13-14-6-9-23(10-7-14)19(25)12-24-16-3-1-2-4-18(16)28-20(24)26/h1-5,8,11,14H,6-7,9-10,12-13H2. The molecule has 4 rings (SSSR count). The second-order valence-corrected chi connectivity index (χ2v) is 7.27. The lowest BCUT2D eigenvalue weighted by atomic mass is 9.98. The summed E-state index contributed by atoms with van der Waals surface area (Å²) in [6.07, 6.45) is 4.88. The molecule has 3 aromatic rings. The Labute approximate surface area is 166 Å². The van der Waals surface area contributed by atoms with Gasteiger partial charge in [-0.05, 0) is 30.9 Å². The van der Waals surface area contributed by atoms with Gasteiger partial charge in [0.05, 0.1) is 12.1 Å². The molecule has 28 heavy (non-hydrogen) atoms. The highest BCUT2D eigenvalue weighted by atomic mass is 35.5. The number of para-hydroxylation sites is 2. The molecule has 2 aromatic heterocycles. The normalized spacial score (nSPS) is 15.1. The van der Waals surface area contributed by atoms with Crippen LogP contribution in [0.1, 0.15) is 12.8 Å². The van der Waals surface area contributed by atoms with Crippen molar-refractivity contribution < 1.29 is 13.9 Å². The van der Waals surface area contributed by atoms with Crippen LogP contribution >= 0.6 is 11.6 Å². The number of carbonyl (C=O) groups excluding carboxylic acids is 1. The van der Waals surface area contributed by atoms with Gasteiger partial charge in [-0.3, -0.25) is 14.3 Å². The number of amides is 1. The minimum Gasteiger partial charge on any atom is -0.492 e. The summed E-state index contributed by atoms with van der Waals surface area (Å²) in [5, 5.41) is 0.493. The molecule has 0 spiro atoms. The molecule has 0 radical (unpaired) electrons. The lowest BCUT2D eigenvalue weighted by Crippen LogP contribution is -2.42. The van der Waals surface area contributed by atoms with Crippen LogP contribution in [0.15, 0.2) is 51.9 Å². The fourth-order valence-electron chi connectivity index (χ4n) is 3.44. The van der Waals surface area contributed by atoms with Crippen LogP contribution in [0.3, 0.4) is 0 Å². The minimum absolute atomic E-state index is 0.0103. The number of aromatic nitrogens is 2. The Morgan fingerprint density at radius 1 is 1.25 bits per heavy atom. The largest absolute Gasteiger partial charge is 0.492 e. The fourth-order valence-corrected chi connectivity index (χ4v) is 3.61. The number of pyridine rings is 1. The summed E-state index contributed by atoms with van der Waals surface area (Å²) in [5.41, 5.74) is 1.13. The molecule has 0 unspecified atom stereocenters. The third-order valence-corrected chi connectivity index (χ3v) is 5.33. The van der Waals surface area contributed by atoms with E-state index < -0.39 is 5.76 Å². The highest BCUT2D eigenvalue weighted by Gasteiger charge is 2.24. The Kier molecular flexibility index (Phi) is 5.34. The fraction of sp³-hybridized carbons (Fsp3) is 0.350. The van der Waals surface area contributed by atoms with Crippen LogP contribution < -0.4 is 10.5 Å². The number of nitrogens with zero attached hydrogens (tertiary/aromatic N) is 3. The molecule has 1 amide bonds. The SMILES string of the molecule is O=C(Cn1c(=O)oc2ccccc21)N1CCC(COc2ccncc2Cl)CC1. The molecular formula is C20H20ClN3O4. The molecule has 0 bridgehead atoms. The van der Waals surface area contributed by atoms with Gasteiger partial charge in [-0.1, -0.05) is 23.7 Å². The van der Waals surface area contributed by atoms with Gasteiger partial charge in [-0.2, -0.15) is 0 Å². The molecule has 0 atom stereocenters. The molecule has 1 aromatic carbocycles. The van der Waals surface area contributed by atoms with E-state index in [0.29, 0.717) is 47.5 Å². The first kappa shape index (κ1) is 18.6. The van der Waals surface area contributed by atoms with E-state index in [1.807, 2.05) is 6.07 Å². The summed E-state index contributed by atoms with van der Waals surface area (Å²) >= 11 is 6.05. The lowest BCUT2D eigenvalue weighted by Gasteiger charge is -2.32. The zero-order valence-electron chi connectivity index (χ0n) is 15.2. The number of rotatable bonds is 5. The average molecular weight is 402 g/mol. The van der Waals surface area contributed by atoms with Crippen molar-refractivity contribution in [2.24, 2.45) is 5.92 Å². The Hall–Kier alpha value is -2.80. The molecular weight excluding hydrogens is 382 g/mol. The van der Waals surface area contributed by atoms with E-state index in [0.717, 1.165) is 12.8 Å². The molecule has 0 saturated carbocycles. The number of likely N-dealkylation sites (tertiary alicyclic amines) is 1. The molecule has 7 nitrogen and oxygen atoms in total. The van der Waals surface area contributed by atoms with Gasteiger partial charge in [0.2, 0.25) is 5.91 Å². The van der Waals surface area contributed by atoms with Crippen LogP contribution in [-0.4, -0.2) is 40.1 Å². The number of halogens is 1. The van der Waals surface area contributed by atoms with E-state index in [2.05, 4.69) is 4.98 Å². The first-order chi connectivity index (χ1) is 13.6. The van der Waals surface area contributed by atoms with Crippen LogP contribution in [0.4, 0.5) is 0 Å². The summed E-state index contributed by atoms with van der Waals surface area (Å²) < 4.78 is 12.4. The van der Waals surface area contributed by atoms with Crippen LogP contribution in [0, 0.1) is 5.92 Å². The predicted octanol–water partition coefficient (Wildman–Crippen LogP) is 2.96. The highest BCUT2D eigenvalue weighted by Crippen LogP contribution is 2.25. The molecule has 146 valence electrons. The average Bonchev–Trinajstić information content (AvgIpc) is 3.03. The van der Waals surface area contributed by atoms with Crippen molar-refractivity contribution in [2.45, 2.75) is 19.4 Å². The first-order valence-corrected chi connectivity index (χ1v) is 9.58. The number of fused-ring (bicyclic) bond motifs is 1. The number of oxazole rings is 1. The zero-order chi connectivity index (χ0) is 19.5. The molecule has 8 heteroatoms. The molecule has 1 aliphatic rings. The van der Waals surface area contributed by atoms with Gasteiger partial charge in [-0.15, -0.1) is 0 Å². The lowest BCUT2D eigenvalue weighted by molar-refractivity contribution is -0.133. The second-order valence-electron chi connectivity index (χ2n) is 6.86.